The van der Waals surface area contributed by atoms with Gasteiger partial charge in [-0.1, -0.05) is 17.7 Å². The van der Waals surface area contributed by atoms with Gasteiger partial charge in [0.25, 0.3) is 0 Å². The molecule has 0 fully saturated rings. The number of hydrogen-bond donors (Lipinski definition) is 0. The van der Waals surface area contributed by atoms with Crippen LogP contribution >= 0.6 is 0 Å². The predicted molar refractivity (Wildman–Crippen MR) is 71.5 cm³/mol. The summed E-state index contributed by atoms with van der Waals surface area (Å²) in [5.41, 5.74) is 2.98. The van der Waals surface area contributed by atoms with Crippen LogP contribution < -0.4 is 0 Å². The molecule has 0 aliphatic carbocycles. The molecule has 0 N–H and O–H groups in total. The quantitative estimate of drug-likeness (QED) is 0.737. The second kappa shape index (κ2) is 3.95. The summed E-state index contributed by atoms with van der Waals surface area (Å²) in [5, 5.41) is 0. The summed E-state index contributed by atoms with van der Waals surface area (Å²) in [6.07, 6.45) is 2.34. The van der Waals surface area contributed by atoms with E-state index in [1.165, 1.54) is 5.56 Å². The van der Waals surface area contributed by atoms with Gasteiger partial charge in [0, 0.05) is 12.1 Å². The Kier molecular flexibility index (Phi) is 2.49. The van der Waals surface area contributed by atoms with Gasteiger partial charge in [-0.3, -0.25) is 4.57 Å². The molecule has 19 heavy (non-hydrogen) atoms. The molecule has 1 aromatic carbocycles. The van der Waals surface area contributed by atoms with Gasteiger partial charge in [0.1, 0.15) is 11.9 Å². The molecule has 0 amide bonds. The van der Waals surface area contributed by atoms with E-state index in [2.05, 4.69) is 4.98 Å². The fourth-order valence-corrected chi connectivity index (χ4v) is 2.37. The third-order valence-corrected chi connectivity index (χ3v) is 3.31. The van der Waals surface area contributed by atoms with E-state index in [-0.39, 0.29) is 5.97 Å². The number of rotatable bonds is 1. The van der Waals surface area contributed by atoms with Crippen molar-refractivity contribution in [1.29, 1.82) is 0 Å². The van der Waals surface area contributed by atoms with Crippen molar-refractivity contribution >= 4 is 5.97 Å². The van der Waals surface area contributed by atoms with E-state index in [1.807, 2.05) is 45.0 Å². The summed E-state index contributed by atoms with van der Waals surface area (Å²) in [6, 6.07) is 7.98. The van der Waals surface area contributed by atoms with Crippen molar-refractivity contribution in [2.45, 2.75) is 32.8 Å². The van der Waals surface area contributed by atoms with E-state index in [4.69, 9.17) is 4.74 Å². The number of ether oxygens (including phenoxy) is 1. The number of benzene rings is 1. The second-order valence-electron chi connectivity index (χ2n) is 5.57. The summed E-state index contributed by atoms with van der Waals surface area (Å²) in [4.78, 5) is 16.5. The monoisotopic (exact) mass is 256 g/mol. The lowest BCUT2D eigenvalue weighted by Crippen LogP contribution is -2.36. The van der Waals surface area contributed by atoms with E-state index in [9.17, 15) is 4.79 Å². The Labute approximate surface area is 112 Å². The number of cyclic esters (lactones) is 1. The van der Waals surface area contributed by atoms with E-state index in [1.54, 1.807) is 10.9 Å². The molecule has 2 heterocycles. The average Bonchev–Trinajstić information content (AvgIpc) is 2.72. The molecule has 0 radical (unpaired) electrons. The lowest BCUT2D eigenvalue weighted by Gasteiger charge is -2.29. The molecular formula is C15H16N2O2. The smallest absolute Gasteiger partial charge is 0.357 e. The SMILES string of the molecule is Cc1ccc(-n2cnc3c2C(=O)OC(C)(C)C3)cc1. The summed E-state index contributed by atoms with van der Waals surface area (Å²) in [7, 11) is 0. The number of imidazole rings is 1. The van der Waals surface area contributed by atoms with Crippen molar-refractivity contribution in [3.05, 3.63) is 47.5 Å². The van der Waals surface area contributed by atoms with Crippen LogP contribution in [-0.2, 0) is 11.2 Å². The number of carbonyl (C=O) groups is 1. The van der Waals surface area contributed by atoms with Crippen molar-refractivity contribution in [3.63, 3.8) is 0 Å². The first-order valence-corrected chi connectivity index (χ1v) is 6.33. The van der Waals surface area contributed by atoms with E-state index >= 15 is 0 Å². The fourth-order valence-electron chi connectivity index (χ4n) is 2.37. The lowest BCUT2D eigenvalue weighted by molar-refractivity contribution is -0.00795. The van der Waals surface area contributed by atoms with Crippen molar-refractivity contribution in [2.24, 2.45) is 0 Å². The van der Waals surface area contributed by atoms with Crippen molar-refractivity contribution in [2.75, 3.05) is 0 Å². The average molecular weight is 256 g/mol. The van der Waals surface area contributed by atoms with Crippen LogP contribution in [0.5, 0.6) is 0 Å². The first-order chi connectivity index (χ1) is 8.96. The number of esters is 1. The van der Waals surface area contributed by atoms with Gasteiger partial charge in [0.15, 0.2) is 5.69 Å². The van der Waals surface area contributed by atoms with Crippen LogP contribution in [0.1, 0.15) is 35.6 Å². The number of aromatic nitrogens is 2. The molecule has 1 aromatic heterocycles. The summed E-state index contributed by atoms with van der Waals surface area (Å²) in [5.74, 6) is -0.302. The van der Waals surface area contributed by atoms with Crippen molar-refractivity contribution in [1.82, 2.24) is 9.55 Å². The van der Waals surface area contributed by atoms with E-state index in [0.29, 0.717) is 12.1 Å². The highest BCUT2D eigenvalue weighted by Gasteiger charge is 2.36. The van der Waals surface area contributed by atoms with Gasteiger partial charge in [-0.15, -0.1) is 0 Å². The van der Waals surface area contributed by atoms with Crippen molar-refractivity contribution in [3.8, 4) is 5.69 Å². The molecule has 0 atom stereocenters. The molecule has 2 aromatic rings. The standard InChI is InChI=1S/C15H16N2O2/c1-10-4-6-11(7-5-10)17-9-16-12-8-15(2,3)19-14(18)13(12)17/h4-7,9H,8H2,1-3H3. The Morgan fingerprint density at radius 1 is 1.26 bits per heavy atom. The number of nitrogens with zero attached hydrogens (tertiary/aromatic N) is 2. The Bertz CT molecular complexity index is 639. The van der Waals surface area contributed by atoms with Crippen LogP contribution in [0.25, 0.3) is 5.69 Å². The normalized spacial score (nSPS) is 16.9. The van der Waals surface area contributed by atoms with Crippen molar-refractivity contribution < 1.29 is 9.53 Å². The summed E-state index contributed by atoms with van der Waals surface area (Å²) < 4.78 is 7.24. The largest absolute Gasteiger partial charge is 0.455 e. The molecule has 0 spiro atoms. The topological polar surface area (TPSA) is 44.1 Å². The highest BCUT2D eigenvalue weighted by molar-refractivity contribution is 5.91. The number of carbonyl (C=O) groups excluding carboxylic acids is 1. The maximum atomic E-state index is 12.1. The highest BCUT2D eigenvalue weighted by atomic mass is 16.6. The third kappa shape index (κ3) is 2.03. The third-order valence-electron chi connectivity index (χ3n) is 3.31. The van der Waals surface area contributed by atoms with Gasteiger partial charge >= 0.3 is 5.97 Å². The molecule has 0 saturated heterocycles. The van der Waals surface area contributed by atoms with Gasteiger partial charge in [0.2, 0.25) is 0 Å². The van der Waals surface area contributed by atoms with Gasteiger partial charge in [0.05, 0.1) is 5.69 Å². The number of hydrogen-bond acceptors (Lipinski definition) is 3. The van der Waals surface area contributed by atoms with Gasteiger partial charge in [-0.2, -0.15) is 0 Å². The molecule has 98 valence electrons. The first kappa shape index (κ1) is 12.0. The van der Waals surface area contributed by atoms with E-state index < -0.39 is 5.60 Å². The summed E-state index contributed by atoms with van der Waals surface area (Å²) in [6.45, 7) is 5.83. The molecule has 4 nitrogen and oxygen atoms in total. The first-order valence-electron chi connectivity index (χ1n) is 6.33. The zero-order valence-electron chi connectivity index (χ0n) is 11.3. The maximum Gasteiger partial charge on any atom is 0.357 e. The lowest BCUT2D eigenvalue weighted by atomic mass is 9.98. The summed E-state index contributed by atoms with van der Waals surface area (Å²) >= 11 is 0. The highest BCUT2D eigenvalue weighted by Crippen LogP contribution is 2.28. The van der Waals surface area contributed by atoms with Gasteiger partial charge in [-0.25, -0.2) is 9.78 Å². The zero-order chi connectivity index (χ0) is 13.6. The maximum absolute atomic E-state index is 12.1. The zero-order valence-corrected chi connectivity index (χ0v) is 11.3. The van der Waals surface area contributed by atoms with Crippen LogP contribution in [0, 0.1) is 6.92 Å². The Morgan fingerprint density at radius 3 is 2.63 bits per heavy atom. The molecule has 0 unspecified atom stereocenters. The van der Waals surface area contributed by atoms with E-state index in [0.717, 1.165) is 11.4 Å². The van der Waals surface area contributed by atoms with Crippen LogP contribution in [0.15, 0.2) is 30.6 Å². The molecule has 3 rings (SSSR count). The molecule has 0 bridgehead atoms. The molecule has 4 heteroatoms. The fraction of sp³-hybridized carbons (Fsp3) is 0.333. The van der Waals surface area contributed by atoms with Gasteiger partial charge < -0.3 is 4.74 Å². The minimum absolute atomic E-state index is 0.302. The molecule has 1 aliphatic heterocycles. The Hall–Kier alpha value is -2.10. The molecule has 0 saturated carbocycles. The predicted octanol–water partition coefficient (Wildman–Crippen LogP) is 2.67. The number of aryl methyl sites for hydroxylation is 1. The Morgan fingerprint density at radius 2 is 1.95 bits per heavy atom. The van der Waals surface area contributed by atoms with Gasteiger partial charge in [-0.05, 0) is 32.9 Å². The van der Waals surface area contributed by atoms with Crippen LogP contribution in [0.4, 0.5) is 0 Å². The van der Waals surface area contributed by atoms with Crippen LogP contribution in [0.3, 0.4) is 0 Å². The minimum atomic E-state index is -0.476. The van der Waals surface area contributed by atoms with Crippen LogP contribution in [0.2, 0.25) is 0 Å². The molecular weight excluding hydrogens is 240 g/mol. The van der Waals surface area contributed by atoms with Crippen LogP contribution in [-0.4, -0.2) is 21.1 Å². The Balaban J connectivity index is 2.09. The second-order valence-corrected chi connectivity index (χ2v) is 5.57. The minimum Gasteiger partial charge on any atom is -0.455 e. The molecule has 1 aliphatic rings. The number of fused-ring (bicyclic) bond motifs is 1.